The molecule has 0 amide bonds. The number of hydrogen-bond acceptors (Lipinski definition) is 1. The Labute approximate surface area is 137 Å². The highest BCUT2D eigenvalue weighted by molar-refractivity contribution is 9.11. The van der Waals surface area contributed by atoms with Gasteiger partial charge >= 0.3 is 0 Å². The van der Waals surface area contributed by atoms with Crippen molar-refractivity contribution in [1.29, 1.82) is 0 Å². The molecule has 0 aliphatic heterocycles. The number of carbonyl (C=O) groups excluding carboxylic acids is 1. The zero-order valence-corrected chi connectivity index (χ0v) is 14.0. The fraction of sp³-hybridized carbons (Fsp3) is 0. The largest absolute Gasteiger partial charge is 0.359 e. The van der Waals surface area contributed by atoms with Gasteiger partial charge in [-0.3, -0.25) is 4.79 Å². The summed E-state index contributed by atoms with van der Waals surface area (Å²) in [6, 6.07) is 11.0. The number of halogens is 3. The van der Waals surface area contributed by atoms with Crippen molar-refractivity contribution in [2.45, 2.75) is 0 Å². The van der Waals surface area contributed by atoms with E-state index < -0.39 is 0 Å². The summed E-state index contributed by atoms with van der Waals surface area (Å²) < 4.78 is 1.68. The molecule has 2 nitrogen and oxygen atoms in total. The molecule has 0 bridgehead atoms. The molecule has 20 heavy (non-hydrogen) atoms. The Kier molecular flexibility index (Phi) is 3.71. The molecule has 0 unspecified atom stereocenters. The molecule has 2 aromatic carbocycles. The Morgan fingerprint density at radius 1 is 1.10 bits per heavy atom. The topological polar surface area (TPSA) is 32.9 Å². The van der Waals surface area contributed by atoms with Crippen LogP contribution in [0.15, 0.2) is 51.5 Å². The minimum absolute atomic E-state index is 0.0436. The van der Waals surface area contributed by atoms with E-state index in [0.29, 0.717) is 16.1 Å². The Morgan fingerprint density at radius 3 is 2.65 bits per heavy atom. The van der Waals surface area contributed by atoms with Gasteiger partial charge < -0.3 is 4.98 Å². The van der Waals surface area contributed by atoms with Crippen LogP contribution in [-0.2, 0) is 0 Å². The number of para-hydroxylation sites is 1. The van der Waals surface area contributed by atoms with Gasteiger partial charge in [0.15, 0.2) is 5.78 Å². The van der Waals surface area contributed by atoms with Crippen molar-refractivity contribution in [2.75, 3.05) is 0 Å². The first-order valence-corrected chi connectivity index (χ1v) is 7.79. The van der Waals surface area contributed by atoms with E-state index >= 15 is 0 Å². The number of hydrogen-bond donors (Lipinski definition) is 1. The van der Waals surface area contributed by atoms with Crippen molar-refractivity contribution in [3.05, 3.63) is 67.7 Å². The number of rotatable bonds is 2. The minimum Gasteiger partial charge on any atom is -0.359 e. The number of benzene rings is 2. The van der Waals surface area contributed by atoms with Gasteiger partial charge in [0.1, 0.15) is 0 Å². The van der Waals surface area contributed by atoms with E-state index in [9.17, 15) is 4.79 Å². The van der Waals surface area contributed by atoms with Gasteiger partial charge in [-0.15, -0.1) is 0 Å². The first kappa shape index (κ1) is 13.9. The maximum atomic E-state index is 12.7. The molecule has 0 saturated heterocycles. The number of nitrogens with one attached hydrogen (secondary N) is 1. The molecule has 1 heterocycles. The van der Waals surface area contributed by atoms with Crippen LogP contribution >= 0.6 is 43.5 Å². The molecule has 3 aromatic rings. The van der Waals surface area contributed by atoms with Crippen LogP contribution in [0.1, 0.15) is 15.9 Å². The van der Waals surface area contributed by atoms with Crippen LogP contribution in [0.25, 0.3) is 10.9 Å². The van der Waals surface area contributed by atoms with E-state index in [1.807, 2.05) is 24.3 Å². The molecule has 0 aliphatic rings. The zero-order chi connectivity index (χ0) is 14.3. The molecule has 100 valence electrons. The van der Waals surface area contributed by atoms with Crippen LogP contribution in [0.3, 0.4) is 0 Å². The lowest BCUT2D eigenvalue weighted by Gasteiger charge is -2.03. The van der Waals surface area contributed by atoms with Crippen LogP contribution in [-0.4, -0.2) is 10.8 Å². The maximum absolute atomic E-state index is 12.7. The fourth-order valence-corrected chi connectivity index (χ4v) is 3.58. The van der Waals surface area contributed by atoms with Gasteiger partial charge in [-0.2, -0.15) is 0 Å². The average molecular weight is 413 g/mol. The first-order chi connectivity index (χ1) is 9.58. The second-order valence-electron chi connectivity index (χ2n) is 4.32. The quantitative estimate of drug-likeness (QED) is 0.547. The molecular weight excluding hydrogens is 405 g/mol. The van der Waals surface area contributed by atoms with Gasteiger partial charge in [-0.25, -0.2) is 0 Å². The Hall–Kier alpha value is -1.10. The molecule has 3 rings (SSSR count). The number of carbonyl (C=O) groups is 1. The van der Waals surface area contributed by atoms with Crippen LogP contribution in [0.5, 0.6) is 0 Å². The fourth-order valence-electron chi connectivity index (χ4n) is 2.12. The zero-order valence-electron chi connectivity index (χ0n) is 10.1. The summed E-state index contributed by atoms with van der Waals surface area (Å²) in [7, 11) is 0. The number of aromatic nitrogens is 1. The summed E-state index contributed by atoms with van der Waals surface area (Å²) in [5.74, 6) is -0.0436. The minimum atomic E-state index is -0.0436. The molecule has 0 radical (unpaired) electrons. The van der Waals surface area contributed by atoms with E-state index in [2.05, 4.69) is 36.8 Å². The molecule has 0 spiro atoms. The summed E-state index contributed by atoms with van der Waals surface area (Å²) in [5, 5.41) is 1.44. The third-order valence-electron chi connectivity index (χ3n) is 3.09. The lowest BCUT2D eigenvalue weighted by atomic mass is 10.0. The second-order valence-corrected chi connectivity index (χ2v) is 6.50. The lowest BCUT2D eigenvalue weighted by molar-refractivity contribution is 0.103. The molecule has 0 aliphatic carbocycles. The van der Waals surface area contributed by atoms with Crippen molar-refractivity contribution in [2.24, 2.45) is 0 Å². The van der Waals surface area contributed by atoms with Crippen LogP contribution in [0.4, 0.5) is 0 Å². The smallest absolute Gasteiger partial charge is 0.196 e. The average Bonchev–Trinajstić information content (AvgIpc) is 2.83. The molecule has 0 fully saturated rings. The number of fused-ring (bicyclic) bond motifs is 1. The van der Waals surface area contributed by atoms with E-state index in [1.165, 1.54) is 0 Å². The van der Waals surface area contributed by atoms with Gasteiger partial charge in [0.05, 0.1) is 10.5 Å². The Morgan fingerprint density at radius 2 is 1.90 bits per heavy atom. The van der Waals surface area contributed by atoms with Crippen LogP contribution in [0.2, 0.25) is 5.02 Å². The van der Waals surface area contributed by atoms with Crippen LogP contribution in [0, 0.1) is 0 Å². The molecular formula is C15H8Br2ClNO. The van der Waals surface area contributed by atoms with E-state index in [0.717, 1.165) is 19.8 Å². The van der Waals surface area contributed by atoms with Crippen molar-refractivity contribution < 1.29 is 4.79 Å². The molecule has 0 saturated carbocycles. The molecule has 5 heteroatoms. The van der Waals surface area contributed by atoms with Crippen molar-refractivity contribution in [1.82, 2.24) is 4.98 Å². The highest BCUT2D eigenvalue weighted by Gasteiger charge is 2.17. The third kappa shape index (κ3) is 2.32. The Balaban J connectivity index is 2.16. The summed E-state index contributed by atoms with van der Waals surface area (Å²) in [6.07, 6.45) is 1.70. The van der Waals surface area contributed by atoms with Crippen molar-refractivity contribution >= 4 is 60.1 Å². The second kappa shape index (κ2) is 5.35. The number of H-pyrrole nitrogens is 1. The summed E-state index contributed by atoms with van der Waals surface area (Å²) in [4.78, 5) is 15.7. The number of aromatic amines is 1. The van der Waals surface area contributed by atoms with Gasteiger partial charge in [0, 0.05) is 31.7 Å². The SMILES string of the molecule is O=C(c1ccc(Br)cc1Br)c1c[nH]c2c(Cl)cccc12. The van der Waals surface area contributed by atoms with E-state index in [1.54, 1.807) is 18.3 Å². The summed E-state index contributed by atoms with van der Waals surface area (Å²) >= 11 is 12.9. The maximum Gasteiger partial charge on any atom is 0.196 e. The van der Waals surface area contributed by atoms with Gasteiger partial charge in [-0.1, -0.05) is 39.7 Å². The van der Waals surface area contributed by atoms with Crippen LogP contribution < -0.4 is 0 Å². The van der Waals surface area contributed by atoms with Gasteiger partial charge in [-0.05, 0) is 40.2 Å². The molecule has 0 atom stereocenters. The standard InChI is InChI=1S/C15H8Br2ClNO/c16-8-4-5-10(12(17)6-8)15(20)11-7-19-14-9(11)2-1-3-13(14)18/h1-7,19H. The van der Waals surface area contributed by atoms with E-state index in [4.69, 9.17) is 11.6 Å². The van der Waals surface area contributed by atoms with Crippen molar-refractivity contribution in [3.8, 4) is 0 Å². The highest BCUT2D eigenvalue weighted by atomic mass is 79.9. The monoisotopic (exact) mass is 411 g/mol. The summed E-state index contributed by atoms with van der Waals surface area (Å²) in [6.45, 7) is 0. The molecule has 1 N–H and O–H groups in total. The normalized spacial score (nSPS) is 10.9. The van der Waals surface area contributed by atoms with Gasteiger partial charge in [0.25, 0.3) is 0 Å². The summed E-state index contributed by atoms with van der Waals surface area (Å²) in [5.41, 5.74) is 2.02. The van der Waals surface area contributed by atoms with Crippen molar-refractivity contribution in [3.63, 3.8) is 0 Å². The van der Waals surface area contributed by atoms with Gasteiger partial charge in [0.2, 0.25) is 0 Å². The Bertz CT molecular complexity index is 826. The lowest BCUT2D eigenvalue weighted by Crippen LogP contribution is -2.01. The predicted molar refractivity (Wildman–Crippen MR) is 88.6 cm³/mol. The third-order valence-corrected chi connectivity index (χ3v) is 4.55. The number of ketones is 1. The highest BCUT2D eigenvalue weighted by Crippen LogP contribution is 2.29. The predicted octanol–water partition coefficient (Wildman–Crippen LogP) is 5.58. The molecule has 1 aromatic heterocycles. The van der Waals surface area contributed by atoms with E-state index in [-0.39, 0.29) is 5.78 Å². The first-order valence-electron chi connectivity index (χ1n) is 5.83.